The average Bonchev–Trinajstić information content (AvgIpc) is 2.83. The SMILES string of the molecule is CCc1cnc(C(C)NC(=O)NCCCC(=O)O)s1. The van der Waals surface area contributed by atoms with Gasteiger partial charge < -0.3 is 15.7 Å². The van der Waals surface area contributed by atoms with E-state index in [-0.39, 0.29) is 18.5 Å². The summed E-state index contributed by atoms with van der Waals surface area (Å²) in [5.41, 5.74) is 0. The molecule has 106 valence electrons. The third-order valence-electron chi connectivity index (χ3n) is 2.49. The number of nitrogens with zero attached hydrogens (tertiary/aromatic N) is 1. The van der Waals surface area contributed by atoms with Crippen LogP contribution in [0.15, 0.2) is 6.20 Å². The van der Waals surface area contributed by atoms with E-state index in [1.165, 1.54) is 4.88 Å². The zero-order valence-corrected chi connectivity index (χ0v) is 11.9. The van der Waals surface area contributed by atoms with Gasteiger partial charge in [-0.3, -0.25) is 4.79 Å². The fourth-order valence-corrected chi connectivity index (χ4v) is 2.30. The number of thiazole rings is 1. The number of hydrogen-bond acceptors (Lipinski definition) is 4. The van der Waals surface area contributed by atoms with Crippen molar-refractivity contribution in [3.63, 3.8) is 0 Å². The minimum Gasteiger partial charge on any atom is -0.481 e. The van der Waals surface area contributed by atoms with E-state index in [0.29, 0.717) is 13.0 Å². The third-order valence-corrected chi connectivity index (χ3v) is 3.82. The Morgan fingerprint density at radius 2 is 2.26 bits per heavy atom. The predicted molar refractivity (Wildman–Crippen MR) is 73.3 cm³/mol. The first-order chi connectivity index (χ1) is 9.02. The quantitative estimate of drug-likeness (QED) is 0.668. The minimum absolute atomic E-state index is 0.0577. The molecular weight excluding hydrogens is 266 g/mol. The highest BCUT2D eigenvalue weighted by Gasteiger charge is 2.12. The van der Waals surface area contributed by atoms with E-state index in [4.69, 9.17) is 5.11 Å². The van der Waals surface area contributed by atoms with Gasteiger partial charge in [0.15, 0.2) is 0 Å². The van der Waals surface area contributed by atoms with Gasteiger partial charge in [0.2, 0.25) is 0 Å². The molecule has 0 aliphatic rings. The van der Waals surface area contributed by atoms with E-state index in [9.17, 15) is 9.59 Å². The Hall–Kier alpha value is -1.63. The molecule has 0 aliphatic heterocycles. The summed E-state index contributed by atoms with van der Waals surface area (Å²) in [5.74, 6) is -0.856. The van der Waals surface area contributed by atoms with E-state index in [1.54, 1.807) is 11.3 Å². The second kappa shape index (κ2) is 7.73. The molecule has 1 unspecified atom stereocenters. The van der Waals surface area contributed by atoms with Gasteiger partial charge in [0, 0.05) is 24.0 Å². The number of aryl methyl sites for hydroxylation is 1. The fourth-order valence-electron chi connectivity index (χ4n) is 1.44. The van der Waals surface area contributed by atoms with Gasteiger partial charge in [-0.05, 0) is 19.8 Å². The summed E-state index contributed by atoms with van der Waals surface area (Å²) in [6.45, 7) is 4.28. The van der Waals surface area contributed by atoms with Gasteiger partial charge in [0.1, 0.15) is 5.01 Å². The molecule has 0 saturated heterocycles. The first-order valence-corrected chi connectivity index (χ1v) is 7.05. The number of amides is 2. The van der Waals surface area contributed by atoms with E-state index in [2.05, 4.69) is 22.5 Å². The maximum Gasteiger partial charge on any atom is 0.315 e. The number of urea groups is 1. The normalized spacial score (nSPS) is 11.9. The molecule has 7 heteroatoms. The van der Waals surface area contributed by atoms with Gasteiger partial charge in [-0.2, -0.15) is 0 Å². The van der Waals surface area contributed by atoms with Crippen molar-refractivity contribution in [2.75, 3.05) is 6.54 Å². The molecule has 0 fully saturated rings. The third kappa shape index (κ3) is 5.69. The highest BCUT2D eigenvalue weighted by atomic mass is 32.1. The van der Waals surface area contributed by atoms with Gasteiger partial charge in [0.25, 0.3) is 0 Å². The molecule has 2 amide bonds. The molecule has 3 N–H and O–H groups in total. The average molecular weight is 285 g/mol. The van der Waals surface area contributed by atoms with Crippen LogP contribution >= 0.6 is 11.3 Å². The van der Waals surface area contributed by atoms with E-state index in [1.807, 2.05) is 13.1 Å². The highest BCUT2D eigenvalue weighted by molar-refractivity contribution is 7.11. The summed E-state index contributed by atoms with van der Waals surface area (Å²) in [6.07, 6.45) is 3.24. The van der Waals surface area contributed by atoms with Crippen LogP contribution in [0.5, 0.6) is 0 Å². The number of carboxylic acids is 1. The van der Waals surface area contributed by atoms with Crippen LogP contribution in [0.3, 0.4) is 0 Å². The van der Waals surface area contributed by atoms with Crippen LogP contribution in [0, 0.1) is 0 Å². The summed E-state index contributed by atoms with van der Waals surface area (Å²) in [6, 6.07) is -0.448. The Morgan fingerprint density at radius 3 is 2.84 bits per heavy atom. The van der Waals surface area contributed by atoms with Crippen molar-refractivity contribution >= 4 is 23.3 Å². The van der Waals surface area contributed by atoms with Gasteiger partial charge in [-0.1, -0.05) is 6.92 Å². The van der Waals surface area contributed by atoms with Crippen molar-refractivity contribution in [3.05, 3.63) is 16.1 Å². The van der Waals surface area contributed by atoms with E-state index >= 15 is 0 Å². The Kier molecular flexibility index (Phi) is 6.27. The lowest BCUT2D eigenvalue weighted by atomic mass is 10.3. The lowest BCUT2D eigenvalue weighted by Crippen LogP contribution is -2.37. The van der Waals surface area contributed by atoms with Crippen LogP contribution in [0.1, 0.15) is 42.6 Å². The lowest BCUT2D eigenvalue weighted by molar-refractivity contribution is -0.137. The molecule has 0 aliphatic carbocycles. The number of carboxylic acid groups (broad SMARTS) is 1. The zero-order valence-electron chi connectivity index (χ0n) is 11.1. The highest BCUT2D eigenvalue weighted by Crippen LogP contribution is 2.19. The number of nitrogens with one attached hydrogen (secondary N) is 2. The maximum atomic E-state index is 11.6. The van der Waals surface area contributed by atoms with Crippen molar-refractivity contribution in [1.29, 1.82) is 0 Å². The summed E-state index contributed by atoms with van der Waals surface area (Å²) in [7, 11) is 0. The first-order valence-electron chi connectivity index (χ1n) is 6.23. The molecule has 0 radical (unpaired) electrons. The molecule has 1 aromatic heterocycles. The molecule has 0 aromatic carbocycles. The molecule has 19 heavy (non-hydrogen) atoms. The second-order valence-electron chi connectivity index (χ2n) is 4.14. The Labute approximate surface area is 116 Å². The number of carbonyl (C=O) groups excluding carboxylic acids is 1. The smallest absolute Gasteiger partial charge is 0.315 e. The summed E-state index contributed by atoms with van der Waals surface area (Å²) in [5, 5.41) is 14.7. The summed E-state index contributed by atoms with van der Waals surface area (Å²) < 4.78 is 0. The molecule has 0 bridgehead atoms. The van der Waals surface area contributed by atoms with Crippen LogP contribution in [0.25, 0.3) is 0 Å². The zero-order chi connectivity index (χ0) is 14.3. The molecule has 1 atom stereocenters. The molecule has 1 heterocycles. The molecular formula is C12H19N3O3S. The Balaban J connectivity index is 2.29. The first kappa shape index (κ1) is 15.4. The monoisotopic (exact) mass is 285 g/mol. The number of carbonyl (C=O) groups is 2. The molecule has 0 saturated carbocycles. The van der Waals surface area contributed by atoms with Crippen LogP contribution in [0.2, 0.25) is 0 Å². The van der Waals surface area contributed by atoms with Crippen molar-refractivity contribution in [2.24, 2.45) is 0 Å². The van der Waals surface area contributed by atoms with E-state index in [0.717, 1.165) is 11.4 Å². The largest absolute Gasteiger partial charge is 0.481 e. The molecule has 1 rings (SSSR count). The van der Waals surface area contributed by atoms with Crippen molar-refractivity contribution in [3.8, 4) is 0 Å². The minimum atomic E-state index is -0.856. The second-order valence-corrected chi connectivity index (χ2v) is 5.28. The van der Waals surface area contributed by atoms with Gasteiger partial charge in [0.05, 0.1) is 6.04 Å². The molecule has 0 spiro atoms. The Bertz CT molecular complexity index is 434. The topological polar surface area (TPSA) is 91.3 Å². The van der Waals surface area contributed by atoms with Crippen LogP contribution < -0.4 is 10.6 Å². The number of aromatic nitrogens is 1. The lowest BCUT2D eigenvalue weighted by Gasteiger charge is -2.12. The van der Waals surface area contributed by atoms with E-state index < -0.39 is 5.97 Å². The van der Waals surface area contributed by atoms with Crippen molar-refractivity contribution in [1.82, 2.24) is 15.6 Å². The maximum absolute atomic E-state index is 11.6. The number of rotatable bonds is 7. The summed E-state index contributed by atoms with van der Waals surface area (Å²) in [4.78, 5) is 27.3. The van der Waals surface area contributed by atoms with Gasteiger partial charge in [-0.25, -0.2) is 9.78 Å². The predicted octanol–water partition coefficient (Wildman–Crippen LogP) is 1.93. The number of hydrogen-bond donors (Lipinski definition) is 3. The van der Waals surface area contributed by atoms with Crippen LogP contribution in [0.4, 0.5) is 4.79 Å². The number of aliphatic carboxylic acids is 1. The van der Waals surface area contributed by atoms with Gasteiger partial charge >= 0.3 is 12.0 Å². The summed E-state index contributed by atoms with van der Waals surface area (Å²) >= 11 is 1.58. The molecule has 6 nitrogen and oxygen atoms in total. The van der Waals surface area contributed by atoms with Crippen LogP contribution in [-0.4, -0.2) is 28.6 Å². The molecule has 1 aromatic rings. The standard InChI is InChI=1S/C12H19N3O3S/c1-3-9-7-14-11(19-9)8(2)15-12(18)13-6-4-5-10(16)17/h7-8H,3-6H2,1-2H3,(H,16,17)(H2,13,15,18). The van der Waals surface area contributed by atoms with Gasteiger partial charge in [-0.15, -0.1) is 11.3 Å². The van der Waals surface area contributed by atoms with Crippen molar-refractivity contribution in [2.45, 2.75) is 39.2 Å². The fraction of sp³-hybridized carbons (Fsp3) is 0.583. The van der Waals surface area contributed by atoms with Crippen LogP contribution in [-0.2, 0) is 11.2 Å². The van der Waals surface area contributed by atoms with Crippen molar-refractivity contribution < 1.29 is 14.7 Å². The Morgan fingerprint density at radius 1 is 1.53 bits per heavy atom.